The van der Waals surface area contributed by atoms with Gasteiger partial charge in [-0.2, -0.15) is 0 Å². The number of rotatable bonds is 1. The Morgan fingerprint density at radius 2 is 1.77 bits per heavy atom. The topological polar surface area (TPSA) is 59.0 Å². The largest absolute Gasteiger partial charge is 0.492 e. The molecule has 1 N–H and O–H groups in total. The lowest BCUT2D eigenvalue weighted by Crippen LogP contribution is -2.51. The van der Waals surface area contributed by atoms with Crippen LogP contribution in [0.2, 0.25) is 0 Å². The van der Waals surface area contributed by atoms with Gasteiger partial charge in [0.25, 0.3) is 0 Å². The molecule has 2 rings (SSSR count). The molecular weight excluding hydrogens is 281 g/mol. The minimum atomic E-state index is -0.887. The molecule has 22 heavy (non-hydrogen) atoms. The van der Waals surface area contributed by atoms with Crippen LogP contribution in [-0.2, 0) is 9.31 Å². The number of hydrogen-bond acceptors (Lipinski definition) is 3. The van der Waals surface area contributed by atoms with Crippen molar-refractivity contribution in [2.24, 2.45) is 5.41 Å². The van der Waals surface area contributed by atoms with Crippen molar-refractivity contribution >= 4 is 13.2 Å². The Balaban J connectivity index is 2.22. The molecule has 1 amide bonds. The van der Waals surface area contributed by atoms with E-state index in [0.717, 1.165) is 5.47 Å². The van der Waals surface area contributed by atoms with E-state index in [-0.39, 0.29) is 11.5 Å². The van der Waals surface area contributed by atoms with Crippen molar-refractivity contribution in [3.05, 3.63) is 11.5 Å². The zero-order valence-corrected chi connectivity index (χ0v) is 14.8. The third-order valence-electron chi connectivity index (χ3n) is 5.13. The van der Waals surface area contributed by atoms with E-state index < -0.39 is 24.4 Å². The number of carboxylic acid groups (broad SMARTS) is 1. The molecule has 0 radical (unpaired) electrons. The van der Waals surface area contributed by atoms with Crippen LogP contribution in [0.1, 0.15) is 54.9 Å². The van der Waals surface area contributed by atoms with Gasteiger partial charge in [0, 0.05) is 12.6 Å². The van der Waals surface area contributed by atoms with E-state index in [2.05, 4.69) is 26.8 Å². The monoisotopic (exact) mass is 309 g/mol. The van der Waals surface area contributed by atoms with Crippen LogP contribution in [0.3, 0.4) is 0 Å². The average Bonchev–Trinajstić information content (AvgIpc) is 2.56. The highest BCUT2D eigenvalue weighted by atomic mass is 16.7. The summed E-state index contributed by atoms with van der Waals surface area (Å²) in [5.74, 6) is 0. The Morgan fingerprint density at radius 1 is 1.27 bits per heavy atom. The maximum absolute atomic E-state index is 11.6. The van der Waals surface area contributed by atoms with E-state index in [0.29, 0.717) is 13.0 Å². The summed E-state index contributed by atoms with van der Waals surface area (Å²) in [6.45, 7) is 14.6. The highest BCUT2D eigenvalue weighted by Gasteiger charge is 2.53. The summed E-state index contributed by atoms with van der Waals surface area (Å²) in [6, 6.07) is -0.0313. The molecular formula is C16H28BNO4. The molecule has 0 aromatic heterocycles. The molecule has 1 atom stereocenters. The summed E-state index contributed by atoms with van der Waals surface area (Å²) in [5, 5.41) is 9.55. The number of nitrogens with zero attached hydrogens (tertiary/aromatic N) is 1. The molecule has 0 aliphatic carbocycles. The van der Waals surface area contributed by atoms with Crippen LogP contribution >= 0.6 is 0 Å². The lowest BCUT2D eigenvalue weighted by molar-refractivity contribution is 0.00578. The smallest absolute Gasteiger partial charge is 0.465 e. The zero-order chi connectivity index (χ0) is 16.9. The number of carbonyl (C=O) groups is 1. The summed E-state index contributed by atoms with van der Waals surface area (Å²) in [4.78, 5) is 13.2. The van der Waals surface area contributed by atoms with Crippen LogP contribution in [-0.4, -0.2) is 47.0 Å². The van der Waals surface area contributed by atoms with Gasteiger partial charge >= 0.3 is 13.2 Å². The Bertz CT molecular complexity index is 477. The maximum Gasteiger partial charge on any atom is 0.492 e. The summed E-state index contributed by atoms with van der Waals surface area (Å²) in [6.07, 6.45) is 1.90. The SMILES string of the molecule is CC(C)(C)C1CC=C(B2OC(C)(C)C(C)(C)O2)CN1C(=O)O. The van der Waals surface area contributed by atoms with E-state index in [4.69, 9.17) is 9.31 Å². The summed E-state index contributed by atoms with van der Waals surface area (Å²) in [7, 11) is -0.465. The van der Waals surface area contributed by atoms with Crippen LogP contribution in [0.25, 0.3) is 0 Å². The van der Waals surface area contributed by atoms with Gasteiger partial charge in [-0.1, -0.05) is 26.8 Å². The molecule has 5 nitrogen and oxygen atoms in total. The van der Waals surface area contributed by atoms with E-state index in [1.165, 1.54) is 4.90 Å². The predicted octanol–water partition coefficient (Wildman–Crippen LogP) is 3.34. The van der Waals surface area contributed by atoms with Crippen LogP contribution in [0.15, 0.2) is 11.5 Å². The molecule has 0 bridgehead atoms. The van der Waals surface area contributed by atoms with E-state index in [9.17, 15) is 9.90 Å². The van der Waals surface area contributed by atoms with Gasteiger partial charge < -0.3 is 19.3 Å². The standard InChI is InChI=1S/C16H28BNO4/c1-14(2,3)12-9-8-11(10-18(12)13(19)20)17-21-15(4,5)16(6,7)22-17/h8,12H,9-10H2,1-7H3,(H,19,20). The molecule has 2 aliphatic heterocycles. The van der Waals surface area contributed by atoms with Gasteiger partial charge in [0.2, 0.25) is 0 Å². The van der Waals surface area contributed by atoms with Gasteiger partial charge in [-0.3, -0.25) is 0 Å². The zero-order valence-electron chi connectivity index (χ0n) is 14.8. The summed E-state index contributed by atoms with van der Waals surface area (Å²) in [5.41, 5.74) is -0.0152. The first-order valence-electron chi connectivity index (χ1n) is 7.89. The number of amides is 1. The Kier molecular flexibility index (Phi) is 4.16. The second-order valence-electron chi connectivity index (χ2n) is 8.40. The lowest BCUT2D eigenvalue weighted by Gasteiger charge is -2.41. The fourth-order valence-corrected chi connectivity index (χ4v) is 2.95. The van der Waals surface area contributed by atoms with Crippen LogP contribution in [0, 0.1) is 5.41 Å². The van der Waals surface area contributed by atoms with Crippen LogP contribution in [0.5, 0.6) is 0 Å². The van der Waals surface area contributed by atoms with E-state index in [1.54, 1.807) is 0 Å². The molecule has 1 saturated heterocycles. The van der Waals surface area contributed by atoms with Crippen molar-refractivity contribution in [1.82, 2.24) is 4.90 Å². The third kappa shape index (κ3) is 3.04. The Hall–Kier alpha value is -1.01. The molecule has 2 heterocycles. The van der Waals surface area contributed by atoms with Gasteiger partial charge in [0.1, 0.15) is 0 Å². The fourth-order valence-electron chi connectivity index (χ4n) is 2.95. The normalized spacial score (nSPS) is 27.8. The Labute approximate surface area is 133 Å². The van der Waals surface area contributed by atoms with Gasteiger partial charge in [-0.25, -0.2) is 4.79 Å². The van der Waals surface area contributed by atoms with Crippen molar-refractivity contribution < 1.29 is 19.2 Å². The summed E-state index contributed by atoms with van der Waals surface area (Å²) < 4.78 is 12.1. The fraction of sp³-hybridized carbons (Fsp3) is 0.812. The maximum atomic E-state index is 11.6. The second kappa shape index (κ2) is 5.27. The van der Waals surface area contributed by atoms with Crippen LogP contribution in [0.4, 0.5) is 4.79 Å². The average molecular weight is 309 g/mol. The quantitative estimate of drug-likeness (QED) is 0.755. The third-order valence-corrected chi connectivity index (χ3v) is 5.13. The molecule has 2 aliphatic rings. The molecule has 0 spiro atoms. The summed E-state index contributed by atoms with van der Waals surface area (Å²) >= 11 is 0. The minimum Gasteiger partial charge on any atom is -0.465 e. The molecule has 0 aromatic rings. The Morgan fingerprint density at radius 3 is 2.18 bits per heavy atom. The molecule has 0 saturated carbocycles. The highest BCUT2D eigenvalue weighted by molar-refractivity contribution is 6.54. The number of hydrogen-bond donors (Lipinski definition) is 1. The highest BCUT2D eigenvalue weighted by Crippen LogP contribution is 2.40. The van der Waals surface area contributed by atoms with Crippen molar-refractivity contribution in [2.75, 3.05) is 6.54 Å². The van der Waals surface area contributed by atoms with Gasteiger partial charge in [-0.05, 0) is 45.0 Å². The second-order valence-corrected chi connectivity index (χ2v) is 8.40. The van der Waals surface area contributed by atoms with Gasteiger partial charge in [-0.15, -0.1) is 0 Å². The molecule has 124 valence electrons. The molecule has 1 fully saturated rings. The van der Waals surface area contributed by atoms with Gasteiger partial charge in [0.15, 0.2) is 0 Å². The lowest BCUT2D eigenvalue weighted by atomic mass is 9.72. The molecule has 0 aromatic carbocycles. The van der Waals surface area contributed by atoms with Crippen molar-refractivity contribution in [3.8, 4) is 0 Å². The van der Waals surface area contributed by atoms with Gasteiger partial charge in [0.05, 0.1) is 11.2 Å². The first-order valence-corrected chi connectivity index (χ1v) is 7.89. The van der Waals surface area contributed by atoms with Crippen LogP contribution < -0.4 is 0 Å². The van der Waals surface area contributed by atoms with Crippen molar-refractivity contribution in [3.63, 3.8) is 0 Å². The first-order chi connectivity index (χ1) is 9.85. The molecule has 1 unspecified atom stereocenters. The minimum absolute atomic E-state index is 0.0313. The van der Waals surface area contributed by atoms with E-state index >= 15 is 0 Å². The predicted molar refractivity (Wildman–Crippen MR) is 86.8 cm³/mol. The van der Waals surface area contributed by atoms with Crippen molar-refractivity contribution in [1.29, 1.82) is 0 Å². The van der Waals surface area contributed by atoms with E-state index in [1.807, 2.05) is 27.7 Å². The first kappa shape index (κ1) is 17.4. The molecule has 6 heteroatoms. The van der Waals surface area contributed by atoms with Crippen molar-refractivity contribution in [2.45, 2.75) is 72.1 Å².